The van der Waals surface area contributed by atoms with E-state index < -0.39 is 0 Å². The van der Waals surface area contributed by atoms with Crippen molar-refractivity contribution in [2.45, 2.75) is 6.92 Å². The summed E-state index contributed by atoms with van der Waals surface area (Å²) in [5, 5.41) is 7.56. The van der Waals surface area contributed by atoms with Crippen LogP contribution in [-0.2, 0) is 0 Å². The first-order chi connectivity index (χ1) is 5.74. The van der Waals surface area contributed by atoms with Gasteiger partial charge in [-0.2, -0.15) is 0 Å². The standard InChI is InChI=1S/C10H12N2/c1-8-3-2-4-9(7-8)10(12)5-6-11/h2-7,12H,11H2,1H3/b6-5-,12-10?. The third kappa shape index (κ3) is 1.95. The second kappa shape index (κ2) is 3.72. The monoisotopic (exact) mass is 160 g/mol. The zero-order valence-corrected chi connectivity index (χ0v) is 7.04. The number of rotatable bonds is 2. The number of nitrogens with two attached hydrogens (primary N) is 1. The quantitative estimate of drug-likeness (QED) is 0.637. The Bertz CT molecular complexity index is 313. The molecule has 1 aromatic carbocycles. The highest BCUT2D eigenvalue weighted by Crippen LogP contribution is 2.04. The number of aryl methyl sites for hydroxylation is 1. The summed E-state index contributed by atoms with van der Waals surface area (Å²) >= 11 is 0. The summed E-state index contributed by atoms with van der Waals surface area (Å²) in [5.41, 5.74) is 7.68. The normalized spacial score (nSPS) is 10.4. The molecule has 0 saturated carbocycles. The zero-order valence-electron chi connectivity index (χ0n) is 7.04. The first kappa shape index (κ1) is 8.53. The third-order valence-electron chi connectivity index (χ3n) is 1.59. The maximum Gasteiger partial charge on any atom is 0.0626 e. The molecule has 0 radical (unpaired) electrons. The fourth-order valence-corrected chi connectivity index (χ4v) is 1.01. The summed E-state index contributed by atoms with van der Waals surface area (Å²) in [4.78, 5) is 0. The van der Waals surface area contributed by atoms with E-state index >= 15 is 0 Å². The zero-order chi connectivity index (χ0) is 8.97. The first-order valence-electron chi connectivity index (χ1n) is 3.78. The SMILES string of the molecule is Cc1cccc(C(=N)/C=C\N)c1. The lowest BCUT2D eigenvalue weighted by molar-refractivity contribution is 1.43. The van der Waals surface area contributed by atoms with Crippen LogP contribution >= 0.6 is 0 Å². The van der Waals surface area contributed by atoms with Crippen molar-refractivity contribution in [1.82, 2.24) is 0 Å². The van der Waals surface area contributed by atoms with Gasteiger partial charge in [-0.3, -0.25) is 0 Å². The van der Waals surface area contributed by atoms with E-state index in [0.29, 0.717) is 5.71 Å². The predicted molar refractivity (Wildman–Crippen MR) is 51.3 cm³/mol. The van der Waals surface area contributed by atoms with Crippen LogP contribution in [-0.4, -0.2) is 5.71 Å². The summed E-state index contributed by atoms with van der Waals surface area (Å²) in [6.45, 7) is 2.00. The van der Waals surface area contributed by atoms with Crippen LogP contribution in [0.4, 0.5) is 0 Å². The molecular formula is C10H12N2. The molecule has 0 aliphatic rings. The Balaban J connectivity index is 2.96. The summed E-state index contributed by atoms with van der Waals surface area (Å²) in [6.07, 6.45) is 2.96. The number of hydrogen-bond donors (Lipinski definition) is 2. The maximum absolute atomic E-state index is 7.56. The second-order valence-corrected chi connectivity index (χ2v) is 2.64. The molecule has 0 unspecified atom stereocenters. The van der Waals surface area contributed by atoms with Gasteiger partial charge < -0.3 is 11.1 Å². The number of nitrogens with one attached hydrogen (secondary N) is 1. The molecule has 1 aromatic rings. The molecule has 0 heterocycles. The van der Waals surface area contributed by atoms with E-state index in [0.717, 1.165) is 11.1 Å². The first-order valence-corrected chi connectivity index (χ1v) is 3.78. The van der Waals surface area contributed by atoms with Crippen molar-refractivity contribution in [3.63, 3.8) is 0 Å². The molecular weight excluding hydrogens is 148 g/mol. The molecule has 0 fully saturated rings. The molecule has 12 heavy (non-hydrogen) atoms. The summed E-state index contributed by atoms with van der Waals surface area (Å²) in [6, 6.07) is 7.80. The molecule has 1 rings (SSSR count). The fourth-order valence-electron chi connectivity index (χ4n) is 1.01. The average Bonchev–Trinajstić information content (AvgIpc) is 2.05. The highest BCUT2D eigenvalue weighted by molar-refractivity contribution is 6.06. The summed E-state index contributed by atoms with van der Waals surface area (Å²) < 4.78 is 0. The van der Waals surface area contributed by atoms with Gasteiger partial charge >= 0.3 is 0 Å². The number of allylic oxidation sites excluding steroid dienone is 1. The molecule has 0 aliphatic carbocycles. The van der Waals surface area contributed by atoms with E-state index in [1.807, 2.05) is 31.2 Å². The fraction of sp³-hybridized carbons (Fsp3) is 0.100. The molecule has 0 atom stereocenters. The molecule has 2 heteroatoms. The summed E-state index contributed by atoms with van der Waals surface area (Å²) in [7, 11) is 0. The van der Waals surface area contributed by atoms with Crippen LogP contribution in [0.3, 0.4) is 0 Å². The Morgan fingerprint density at radius 1 is 1.50 bits per heavy atom. The van der Waals surface area contributed by atoms with Crippen molar-refractivity contribution >= 4 is 5.71 Å². The van der Waals surface area contributed by atoms with Crippen molar-refractivity contribution in [2.24, 2.45) is 5.73 Å². The minimum atomic E-state index is 0.446. The Kier molecular flexibility index (Phi) is 2.64. The van der Waals surface area contributed by atoms with Gasteiger partial charge in [0.1, 0.15) is 0 Å². The molecule has 3 N–H and O–H groups in total. The van der Waals surface area contributed by atoms with Crippen molar-refractivity contribution in [3.8, 4) is 0 Å². The van der Waals surface area contributed by atoms with Gasteiger partial charge in [0, 0.05) is 0 Å². The highest BCUT2D eigenvalue weighted by atomic mass is 14.5. The van der Waals surface area contributed by atoms with Gasteiger partial charge in [0.2, 0.25) is 0 Å². The van der Waals surface area contributed by atoms with Crippen LogP contribution in [0, 0.1) is 12.3 Å². The minimum absolute atomic E-state index is 0.446. The molecule has 0 spiro atoms. The number of hydrogen-bond acceptors (Lipinski definition) is 2. The van der Waals surface area contributed by atoms with Crippen LogP contribution in [0.2, 0.25) is 0 Å². The van der Waals surface area contributed by atoms with Crippen LogP contribution in [0.15, 0.2) is 36.5 Å². The molecule has 0 bridgehead atoms. The Morgan fingerprint density at radius 3 is 2.83 bits per heavy atom. The minimum Gasteiger partial charge on any atom is -0.405 e. The van der Waals surface area contributed by atoms with Gasteiger partial charge in [-0.1, -0.05) is 23.8 Å². The van der Waals surface area contributed by atoms with Gasteiger partial charge in [-0.15, -0.1) is 0 Å². The largest absolute Gasteiger partial charge is 0.405 e. The Hall–Kier alpha value is -1.57. The predicted octanol–water partition coefficient (Wildman–Crippen LogP) is 1.84. The van der Waals surface area contributed by atoms with Crippen molar-refractivity contribution in [2.75, 3.05) is 0 Å². The van der Waals surface area contributed by atoms with E-state index in [2.05, 4.69) is 0 Å². The molecule has 0 amide bonds. The lowest BCUT2D eigenvalue weighted by Gasteiger charge is -1.98. The van der Waals surface area contributed by atoms with Crippen LogP contribution in [0.5, 0.6) is 0 Å². The third-order valence-corrected chi connectivity index (χ3v) is 1.59. The molecule has 0 saturated heterocycles. The van der Waals surface area contributed by atoms with Crippen molar-refractivity contribution in [1.29, 1.82) is 5.41 Å². The van der Waals surface area contributed by atoms with Gasteiger partial charge in [0.15, 0.2) is 0 Å². The highest BCUT2D eigenvalue weighted by Gasteiger charge is 1.95. The van der Waals surface area contributed by atoms with E-state index in [1.54, 1.807) is 6.08 Å². The van der Waals surface area contributed by atoms with Crippen LogP contribution in [0.1, 0.15) is 11.1 Å². The second-order valence-electron chi connectivity index (χ2n) is 2.64. The van der Waals surface area contributed by atoms with Gasteiger partial charge in [0.25, 0.3) is 0 Å². The molecule has 0 aliphatic heterocycles. The molecule has 62 valence electrons. The van der Waals surface area contributed by atoms with Gasteiger partial charge in [-0.05, 0) is 30.8 Å². The average molecular weight is 160 g/mol. The lowest BCUT2D eigenvalue weighted by Crippen LogP contribution is -1.95. The maximum atomic E-state index is 7.56. The Labute approximate surface area is 72.2 Å². The van der Waals surface area contributed by atoms with Gasteiger partial charge in [-0.25, -0.2) is 0 Å². The van der Waals surface area contributed by atoms with Gasteiger partial charge in [0.05, 0.1) is 5.71 Å². The van der Waals surface area contributed by atoms with E-state index in [1.165, 1.54) is 6.20 Å². The topological polar surface area (TPSA) is 49.9 Å². The molecule has 0 aromatic heterocycles. The smallest absolute Gasteiger partial charge is 0.0626 e. The van der Waals surface area contributed by atoms with Crippen molar-refractivity contribution < 1.29 is 0 Å². The van der Waals surface area contributed by atoms with Crippen LogP contribution in [0.25, 0.3) is 0 Å². The van der Waals surface area contributed by atoms with E-state index in [4.69, 9.17) is 11.1 Å². The van der Waals surface area contributed by atoms with Crippen molar-refractivity contribution in [3.05, 3.63) is 47.7 Å². The van der Waals surface area contributed by atoms with Crippen LogP contribution < -0.4 is 5.73 Å². The van der Waals surface area contributed by atoms with E-state index in [9.17, 15) is 0 Å². The lowest BCUT2D eigenvalue weighted by atomic mass is 10.1. The molecule has 2 nitrogen and oxygen atoms in total. The van der Waals surface area contributed by atoms with E-state index in [-0.39, 0.29) is 0 Å². The summed E-state index contributed by atoms with van der Waals surface area (Å²) in [5.74, 6) is 0. The number of benzene rings is 1. The Morgan fingerprint density at radius 2 is 2.25 bits per heavy atom.